The maximum atomic E-state index is 13.4. The molecule has 1 amide bonds. The number of allylic oxidation sites excluding steroid dienone is 18. The van der Waals surface area contributed by atoms with Crippen molar-refractivity contribution in [3.63, 3.8) is 0 Å². The van der Waals surface area contributed by atoms with Crippen LogP contribution in [0.4, 0.5) is 0 Å². The Balaban J connectivity index is 1.57. The van der Waals surface area contributed by atoms with Crippen molar-refractivity contribution < 1.29 is 64.6 Å². The van der Waals surface area contributed by atoms with Gasteiger partial charge in [0.25, 0.3) is 0 Å². The van der Waals surface area contributed by atoms with Crippen LogP contribution in [0.5, 0.6) is 0 Å². The molecule has 2 rings (SSSR count). The fourth-order valence-electron chi connectivity index (χ4n) is 14.5. The fourth-order valence-corrected chi connectivity index (χ4v) is 14.5. The molecular weight excluding hydrogens is 1350 g/mol. The van der Waals surface area contributed by atoms with Crippen molar-refractivity contribution in [3.8, 4) is 0 Å². The van der Waals surface area contributed by atoms with Crippen molar-refractivity contribution in [2.24, 2.45) is 0 Å². The summed E-state index contributed by atoms with van der Waals surface area (Å²) >= 11 is 0. The second-order valence-corrected chi connectivity index (χ2v) is 31.4. The van der Waals surface area contributed by atoms with E-state index in [2.05, 4.69) is 129 Å². The van der Waals surface area contributed by atoms with E-state index < -0.39 is 86.8 Å². The van der Waals surface area contributed by atoms with Gasteiger partial charge >= 0.3 is 0 Å². The lowest BCUT2D eigenvalue weighted by Gasteiger charge is -2.46. The van der Waals surface area contributed by atoms with Gasteiger partial charge < -0.3 is 65.1 Å². The molecular formula is C94H167NO13. The summed E-state index contributed by atoms with van der Waals surface area (Å²) in [6, 6.07) is -0.838. The SMILES string of the molecule is CC/C=C\C/C=C\C/C=C\C/C=C\C/C=C\C/C=C\C/C=C\C/C=C\C/C=C\CCCCCCCCCCCCCCCC(=O)NC(COC1OC(CO)C(OC2OC(CO)C(O)C(O)C2O)C(O)C1O)C(O)CCCCCCCCCCCCCCCCCCCCCCCCCCCCCCCCCCC. The molecule has 0 aromatic carbocycles. The van der Waals surface area contributed by atoms with Crippen molar-refractivity contribution in [1.29, 1.82) is 0 Å². The summed E-state index contributed by atoms with van der Waals surface area (Å²) in [4.78, 5) is 13.4. The number of aliphatic hydroxyl groups is 8. The maximum absolute atomic E-state index is 13.4. The average Bonchev–Trinajstić information content (AvgIpc) is 0.789. The van der Waals surface area contributed by atoms with Crippen molar-refractivity contribution in [2.45, 2.75) is 460 Å². The standard InChI is InChI=1S/C94H167NO13/c1-3-5-7-9-11-13-15-17-19-21-23-25-27-29-31-33-35-37-38-39-40-41-42-43-44-46-48-50-52-54-56-58-60-62-64-66-68-70-72-74-76-78-86(99)95-82(81-105-93-91(104)89(102)92(85(80-97)107-93)108-94-90(103)88(101)87(100)84(79-96)106-94)83(98)77-75-73-71-69-67-65-63-61-59-57-55-53-51-49-47-45-36-34-32-30-28-26-24-22-20-18-16-14-12-10-8-6-4-2/h5,7,11,13,17,19,23,25,29,31,35,37,39-40,42-43,46,48,82-85,87-94,96-98,100-104H,3-4,6,8-10,12,14-16,18,20-22,24,26-28,30,32-34,36,38,41,44-45,47,49-81H2,1-2H3,(H,95,99)/b7-5-,13-11-,19-17-,25-23-,31-29-,37-35-,40-39-,43-42-,48-46-. The normalized spacial score (nSPS) is 21.6. The van der Waals surface area contributed by atoms with Crippen LogP contribution < -0.4 is 5.32 Å². The third-order valence-corrected chi connectivity index (χ3v) is 21.5. The third kappa shape index (κ3) is 57.6. The minimum atomic E-state index is -1.79. The number of carbonyl (C=O) groups is 1. The maximum Gasteiger partial charge on any atom is 0.220 e. The molecule has 0 aromatic rings. The first-order chi connectivity index (χ1) is 53.1. The number of aliphatic hydroxyl groups excluding tert-OH is 8. The predicted molar refractivity (Wildman–Crippen MR) is 452 cm³/mol. The van der Waals surface area contributed by atoms with E-state index in [9.17, 15) is 45.6 Å². The van der Waals surface area contributed by atoms with E-state index in [4.69, 9.17) is 18.9 Å². The molecule has 9 N–H and O–H groups in total. The topological polar surface area (TPSA) is 228 Å². The Hall–Kier alpha value is -3.35. The number of hydrogen-bond donors (Lipinski definition) is 9. The van der Waals surface area contributed by atoms with Gasteiger partial charge in [0, 0.05) is 6.42 Å². The van der Waals surface area contributed by atoms with E-state index in [1.165, 1.54) is 244 Å². The summed E-state index contributed by atoms with van der Waals surface area (Å²) in [5.41, 5.74) is 0. The summed E-state index contributed by atoms with van der Waals surface area (Å²) in [5.74, 6) is -0.206. The van der Waals surface area contributed by atoms with Crippen molar-refractivity contribution in [1.82, 2.24) is 5.32 Å². The third-order valence-electron chi connectivity index (χ3n) is 21.5. The highest BCUT2D eigenvalue weighted by molar-refractivity contribution is 5.76. The van der Waals surface area contributed by atoms with Crippen LogP contribution in [0.1, 0.15) is 386 Å². The van der Waals surface area contributed by atoms with Crippen LogP contribution in [0.15, 0.2) is 109 Å². The number of ether oxygens (including phenoxy) is 4. The lowest BCUT2D eigenvalue weighted by Crippen LogP contribution is -2.65. The van der Waals surface area contributed by atoms with Gasteiger partial charge in [-0.25, -0.2) is 0 Å². The van der Waals surface area contributed by atoms with Gasteiger partial charge in [0.2, 0.25) is 5.91 Å². The molecule has 0 radical (unpaired) electrons. The van der Waals surface area contributed by atoms with Crippen molar-refractivity contribution in [2.75, 3.05) is 19.8 Å². The fraction of sp³-hybridized carbons (Fsp3) is 0.798. The lowest BCUT2D eigenvalue weighted by atomic mass is 9.97. The van der Waals surface area contributed by atoms with E-state index in [1.54, 1.807) is 0 Å². The molecule has 12 atom stereocenters. The van der Waals surface area contributed by atoms with Gasteiger partial charge in [-0.2, -0.15) is 0 Å². The highest BCUT2D eigenvalue weighted by Crippen LogP contribution is 2.31. The Morgan fingerprint density at radius 1 is 0.343 bits per heavy atom. The first-order valence-corrected chi connectivity index (χ1v) is 45.1. The van der Waals surface area contributed by atoms with Crippen LogP contribution in [0, 0.1) is 0 Å². The largest absolute Gasteiger partial charge is 0.394 e. The molecule has 626 valence electrons. The Labute approximate surface area is 661 Å². The number of carbonyl (C=O) groups excluding carboxylic acids is 1. The molecule has 2 heterocycles. The monoisotopic (exact) mass is 1520 g/mol. The van der Waals surface area contributed by atoms with Crippen LogP contribution >= 0.6 is 0 Å². The van der Waals surface area contributed by atoms with Gasteiger partial charge in [0.05, 0.1) is 32.0 Å². The molecule has 14 heteroatoms. The molecule has 12 unspecified atom stereocenters. The summed E-state index contributed by atoms with van der Waals surface area (Å²) < 4.78 is 23.0. The Morgan fingerprint density at radius 2 is 0.639 bits per heavy atom. The summed E-state index contributed by atoms with van der Waals surface area (Å²) in [6.07, 6.45) is 94.4. The molecule has 2 saturated heterocycles. The molecule has 108 heavy (non-hydrogen) atoms. The molecule has 2 aliphatic heterocycles. The second kappa shape index (κ2) is 76.3. The smallest absolute Gasteiger partial charge is 0.220 e. The minimum Gasteiger partial charge on any atom is -0.394 e. The summed E-state index contributed by atoms with van der Waals surface area (Å²) in [6.45, 7) is 2.80. The van der Waals surface area contributed by atoms with Crippen molar-refractivity contribution >= 4 is 5.91 Å². The van der Waals surface area contributed by atoms with Crippen LogP contribution in [0.25, 0.3) is 0 Å². The highest BCUT2D eigenvalue weighted by Gasteiger charge is 2.51. The number of nitrogens with one attached hydrogen (secondary N) is 1. The van der Waals surface area contributed by atoms with E-state index in [1.807, 2.05) is 0 Å². The number of rotatable bonds is 76. The van der Waals surface area contributed by atoms with Crippen LogP contribution in [0.2, 0.25) is 0 Å². The van der Waals surface area contributed by atoms with Gasteiger partial charge in [0.1, 0.15) is 48.8 Å². The zero-order chi connectivity index (χ0) is 77.9. The molecule has 0 spiro atoms. The summed E-state index contributed by atoms with van der Waals surface area (Å²) in [7, 11) is 0. The average molecular weight is 1520 g/mol. The zero-order valence-corrected chi connectivity index (χ0v) is 69.1. The summed E-state index contributed by atoms with van der Waals surface area (Å²) in [5, 5.41) is 88.1. The minimum absolute atomic E-state index is 0.206. The van der Waals surface area contributed by atoms with Crippen LogP contribution in [-0.2, 0) is 23.7 Å². The quantitative estimate of drug-likeness (QED) is 0.0204. The van der Waals surface area contributed by atoms with Gasteiger partial charge in [-0.15, -0.1) is 0 Å². The molecule has 0 aliphatic carbocycles. The lowest BCUT2D eigenvalue weighted by molar-refractivity contribution is -0.359. The molecule has 0 bridgehead atoms. The number of unbranched alkanes of at least 4 members (excludes halogenated alkanes) is 45. The first-order valence-electron chi connectivity index (χ1n) is 45.1. The van der Waals surface area contributed by atoms with E-state index in [-0.39, 0.29) is 12.5 Å². The van der Waals surface area contributed by atoms with E-state index in [0.717, 1.165) is 116 Å². The molecule has 2 aliphatic rings. The zero-order valence-electron chi connectivity index (χ0n) is 69.1. The van der Waals surface area contributed by atoms with Crippen molar-refractivity contribution in [3.05, 3.63) is 109 Å². The van der Waals surface area contributed by atoms with Gasteiger partial charge in [-0.3, -0.25) is 4.79 Å². The second-order valence-electron chi connectivity index (χ2n) is 31.4. The Morgan fingerprint density at radius 3 is 0.981 bits per heavy atom. The van der Waals surface area contributed by atoms with Crippen LogP contribution in [0.3, 0.4) is 0 Å². The van der Waals surface area contributed by atoms with Gasteiger partial charge in [-0.1, -0.05) is 406 Å². The molecule has 2 fully saturated rings. The highest BCUT2D eigenvalue weighted by atomic mass is 16.7. The van der Waals surface area contributed by atoms with Gasteiger partial charge in [-0.05, 0) is 83.5 Å². The van der Waals surface area contributed by atoms with Crippen LogP contribution in [-0.4, -0.2) is 140 Å². The molecule has 14 nitrogen and oxygen atoms in total. The molecule has 0 aromatic heterocycles. The number of hydrogen-bond acceptors (Lipinski definition) is 13. The Bertz CT molecular complexity index is 2240. The van der Waals surface area contributed by atoms with E-state index >= 15 is 0 Å². The Kier molecular flexibility index (Phi) is 71.2. The number of amides is 1. The van der Waals surface area contributed by atoms with E-state index in [0.29, 0.717) is 12.8 Å². The van der Waals surface area contributed by atoms with Gasteiger partial charge in [0.15, 0.2) is 12.6 Å². The molecule has 0 saturated carbocycles. The predicted octanol–water partition coefficient (Wildman–Crippen LogP) is 22.1. The first kappa shape index (κ1) is 101.